The Balaban J connectivity index is 2.57. The first-order chi connectivity index (χ1) is 8.49. The molecular formula is C14H22N2O2. The fourth-order valence-corrected chi connectivity index (χ4v) is 1.64. The average Bonchev–Trinajstić information content (AvgIpc) is 2.27. The lowest BCUT2D eigenvalue weighted by atomic mass is 10.1. The highest BCUT2D eigenvalue weighted by Crippen LogP contribution is 2.15. The third-order valence-electron chi connectivity index (χ3n) is 2.47. The molecule has 0 spiro atoms. The zero-order valence-corrected chi connectivity index (χ0v) is 11.3. The number of Topliss-reactive ketones (excluding diaryl/α,β-unsaturated/α-hetero) is 1. The van der Waals surface area contributed by atoms with E-state index in [1.807, 2.05) is 20.8 Å². The second kappa shape index (κ2) is 7.11. The lowest BCUT2D eigenvalue weighted by Crippen LogP contribution is -2.15. The molecule has 0 aliphatic rings. The van der Waals surface area contributed by atoms with Crippen molar-refractivity contribution in [2.24, 2.45) is 5.73 Å². The van der Waals surface area contributed by atoms with Crippen molar-refractivity contribution >= 4 is 5.78 Å². The summed E-state index contributed by atoms with van der Waals surface area (Å²) in [6.45, 7) is 5.83. The van der Waals surface area contributed by atoms with Gasteiger partial charge in [-0.3, -0.25) is 9.78 Å². The van der Waals surface area contributed by atoms with E-state index in [4.69, 9.17) is 10.5 Å². The number of hydrogen-bond donors (Lipinski definition) is 1. The maximum Gasteiger partial charge on any atom is 0.164 e. The molecule has 4 heteroatoms. The van der Waals surface area contributed by atoms with Gasteiger partial charge < -0.3 is 10.5 Å². The third kappa shape index (κ3) is 5.27. The molecule has 0 saturated heterocycles. The average molecular weight is 250 g/mol. The summed E-state index contributed by atoms with van der Waals surface area (Å²) in [4.78, 5) is 16.0. The molecule has 1 atom stereocenters. The van der Waals surface area contributed by atoms with Gasteiger partial charge in [0.2, 0.25) is 0 Å². The summed E-state index contributed by atoms with van der Waals surface area (Å²) < 4.78 is 5.51. The molecule has 0 fully saturated rings. The van der Waals surface area contributed by atoms with Crippen molar-refractivity contribution < 1.29 is 9.53 Å². The van der Waals surface area contributed by atoms with Crippen molar-refractivity contribution in [1.82, 2.24) is 4.98 Å². The largest absolute Gasteiger partial charge is 0.489 e. The summed E-state index contributed by atoms with van der Waals surface area (Å²) in [6.07, 6.45) is 5.47. The van der Waals surface area contributed by atoms with Crippen LogP contribution in [-0.2, 0) is 0 Å². The molecule has 0 saturated carbocycles. The Hall–Kier alpha value is -1.42. The normalized spacial score (nSPS) is 12.5. The minimum absolute atomic E-state index is 0.0789. The van der Waals surface area contributed by atoms with Crippen molar-refractivity contribution in [1.29, 1.82) is 0 Å². The van der Waals surface area contributed by atoms with Crippen molar-refractivity contribution in [3.8, 4) is 5.75 Å². The number of nitrogens with two attached hydrogens (primary N) is 1. The maximum atomic E-state index is 11.9. The molecule has 0 aromatic carbocycles. The van der Waals surface area contributed by atoms with Gasteiger partial charge >= 0.3 is 0 Å². The van der Waals surface area contributed by atoms with Crippen LogP contribution in [0.3, 0.4) is 0 Å². The maximum absolute atomic E-state index is 11.9. The number of carbonyl (C=O) groups excluding carboxylic acids is 1. The van der Waals surface area contributed by atoms with Crippen molar-refractivity contribution in [2.45, 2.75) is 52.2 Å². The molecule has 0 radical (unpaired) electrons. The molecule has 0 aliphatic carbocycles. The second-order valence-electron chi connectivity index (χ2n) is 4.87. The van der Waals surface area contributed by atoms with E-state index >= 15 is 0 Å². The molecule has 1 unspecified atom stereocenters. The van der Waals surface area contributed by atoms with Crippen LogP contribution in [-0.4, -0.2) is 22.9 Å². The van der Waals surface area contributed by atoms with E-state index in [9.17, 15) is 4.79 Å². The highest BCUT2D eigenvalue weighted by Gasteiger charge is 2.08. The van der Waals surface area contributed by atoms with Gasteiger partial charge in [0.25, 0.3) is 0 Å². The molecule has 0 aliphatic heterocycles. The topological polar surface area (TPSA) is 65.2 Å². The summed E-state index contributed by atoms with van der Waals surface area (Å²) >= 11 is 0. The summed E-state index contributed by atoms with van der Waals surface area (Å²) in [7, 11) is 0. The van der Waals surface area contributed by atoms with Gasteiger partial charge in [-0.25, -0.2) is 0 Å². The minimum atomic E-state index is 0.0789. The van der Waals surface area contributed by atoms with Gasteiger partial charge in [-0.2, -0.15) is 0 Å². The molecule has 0 amide bonds. The molecule has 1 aromatic heterocycles. The molecular weight excluding hydrogens is 228 g/mol. The Morgan fingerprint density at radius 2 is 2.11 bits per heavy atom. The van der Waals surface area contributed by atoms with Crippen LogP contribution in [0.2, 0.25) is 0 Å². The number of hydrogen-bond acceptors (Lipinski definition) is 4. The molecule has 2 N–H and O–H groups in total. The fraction of sp³-hybridized carbons (Fsp3) is 0.571. The SMILES string of the molecule is CC(N)CCCC(=O)c1cncc(OC(C)C)c1. The number of carbonyl (C=O) groups is 1. The molecule has 4 nitrogen and oxygen atoms in total. The molecule has 0 bridgehead atoms. The van der Waals surface area contributed by atoms with E-state index in [2.05, 4.69) is 4.98 Å². The summed E-state index contributed by atoms with van der Waals surface area (Å²) in [5, 5.41) is 0. The van der Waals surface area contributed by atoms with E-state index in [-0.39, 0.29) is 17.9 Å². The predicted octanol–water partition coefficient (Wildman–Crippen LogP) is 2.57. The Morgan fingerprint density at radius 3 is 2.72 bits per heavy atom. The molecule has 100 valence electrons. The molecule has 1 aromatic rings. The fourth-order valence-electron chi connectivity index (χ4n) is 1.64. The lowest BCUT2D eigenvalue weighted by Gasteiger charge is -2.10. The zero-order valence-electron chi connectivity index (χ0n) is 11.3. The molecule has 18 heavy (non-hydrogen) atoms. The van der Waals surface area contributed by atoms with Crippen LogP contribution in [0.5, 0.6) is 5.75 Å². The number of rotatable bonds is 7. The van der Waals surface area contributed by atoms with Gasteiger partial charge in [0.05, 0.1) is 12.3 Å². The first-order valence-corrected chi connectivity index (χ1v) is 6.39. The number of ether oxygens (including phenoxy) is 1. The van der Waals surface area contributed by atoms with Gasteiger partial charge in [-0.05, 0) is 39.7 Å². The summed E-state index contributed by atoms with van der Waals surface area (Å²) in [5.74, 6) is 0.736. The van der Waals surface area contributed by atoms with Gasteiger partial charge in [0, 0.05) is 24.2 Å². The predicted molar refractivity (Wildman–Crippen MR) is 71.8 cm³/mol. The Bertz CT molecular complexity index is 389. The van der Waals surface area contributed by atoms with Crippen LogP contribution < -0.4 is 10.5 Å². The van der Waals surface area contributed by atoms with Gasteiger partial charge in [-0.1, -0.05) is 0 Å². The summed E-state index contributed by atoms with van der Waals surface area (Å²) in [6, 6.07) is 1.90. The first-order valence-electron chi connectivity index (χ1n) is 6.39. The number of nitrogens with zero attached hydrogens (tertiary/aromatic N) is 1. The quantitative estimate of drug-likeness (QED) is 0.755. The van der Waals surface area contributed by atoms with E-state index in [0.29, 0.717) is 17.7 Å². The highest BCUT2D eigenvalue weighted by molar-refractivity contribution is 5.96. The van der Waals surface area contributed by atoms with Crippen LogP contribution >= 0.6 is 0 Å². The van der Waals surface area contributed by atoms with E-state index in [0.717, 1.165) is 12.8 Å². The van der Waals surface area contributed by atoms with E-state index < -0.39 is 0 Å². The molecule has 1 heterocycles. The van der Waals surface area contributed by atoms with Crippen molar-refractivity contribution in [2.75, 3.05) is 0 Å². The van der Waals surface area contributed by atoms with Gasteiger partial charge in [0.15, 0.2) is 5.78 Å². The van der Waals surface area contributed by atoms with Gasteiger partial charge in [0.1, 0.15) is 5.75 Å². The lowest BCUT2D eigenvalue weighted by molar-refractivity contribution is 0.0978. The van der Waals surface area contributed by atoms with Crippen LogP contribution in [0.25, 0.3) is 0 Å². The number of pyridine rings is 1. The first kappa shape index (κ1) is 14.6. The monoisotopic (exact) mass is 250 g/mol. The molecule has 1 rings (SSSR count). The number of ketones is 1. The second-order valence-corrected chi connectivity index (χ2v) is 4.87. The van der Waals surface area contributed by atoms with Crippen molar-refractivity contribution in [3.63, 3.8) is 0 Å². The minimum Gasteiger partial charge on any atom is -0.489 e. The highest BCUT2D eigenvalue weighted by atomic mass is 16.5. The van der Waals surface area contributed by atoms with Crippen molar-refractivity contribution in [3.05, 3.63) is 24.0 Å². The smallest absolute Gasteiger partial charge is 0.164 e. The third-order valence-corrected chi connectivity index (χ3v) is 2.47. The van der Waals surface area contributed by atoms with Gasteiger partial charge in [-0.15, -0.1) is 0 Å². The van der Waals surface area contributed by atoms with Crippen LogP contribution in [0.1, 0.15) is 50.4 Å². The van der Waals surface area contributed by atoms with E-state index in [1.54, 1.807) is 18.5 Å². The zero-order chi connectivity index (χ0) is 13.5. The van der Waals surface area contributed by atoms with Crippen LogP contribution in [0.4, 0.5) is 0 Å². The van der Waals surface area contributed by atoms with Crippen LogP contribution in [0, 0.1) is 0 Å². The Labute approximate surface area is 109 Å². The Morgan fingerprint density at radius 1 is 1.39 bits per heavy atom. The Kier molecular flexibility index (Phi) is 5.78. The summed E-state index contributed by atoms with van der Waals surface area (Å²) in [5.41, 5.74) is 6.26. The standard InChI is InChI=1S/C14H22N2O2/c1-10(2)18-13-7-12(8-16-9-13)14(17)6-4-5-11(3)15/h7-11H,4-6,15H2,1-3H3. The number of aromatic nitrogens is 1. The van der Waals surface area contributed by atoms with Crippen LogP contribution in [0.15, 0.2) is 18.5 Å². The van der Waals surface area contributed by atoms with E-state index in [1.165, 1.54) is 0 Å².